The Morgan fingerprint density at radius 3 is 2.59 bits per heavy atom. The zero-order valence-corrected chi connectivity index (χ0v) is 16.2. The second-order valence-electron chi connectivity index (χ2n) is 7.26. The molecule has 0 bridgehead atoms. The van der Waals surface area contributed by atoms with Crippen LogP contribution in [-0.2, 0) is 30.3 Å². The number of carbonyl (C=O) groups is 4. The van der Waals surface area contributed by atoms with Crippen LogP contribution in [-0.4, -0.2) is 54.4 Å². The minimum absolute atomic E-state index is 0.0584. The number of ether oxygens (including phenoxy) is 2. The summed E-state index contributed by atoms with van der Waals surface area (Å²) in [6.07, 6.45) is 3.22. The van der Waals surface area contributed by atoms with Crippen LogP contribution in [0, 0.1) is 5.82 Å². The molecule has 0 aromatic heterocycles. The van der Waals surface area contributed by atoms with Crippen LogP contribution in [0.15, 0.2) is 18.2 Å². The molecule has 0 atom stereocenters. The van der Waals surface area contributed by atoms with Gasteiger partial charge in [0.05, 0.1) is 13.5 Å². The smallest absolute Gasteiger partial charge is 0.310 e. The molecule has 1 aliphatic heterocycles. The first-order chi connectivity index (χ1) is 13.9. The van der Waals surface area contributed by atoms with Crippen molar-refractivity contribution < 1.29 is 33.0 Å². The molecule has 3 rings (SSSR count). The summed E-state index contributed by atoms with van der Waals surface area (Å²) in [7, 11) is 1.34. The number of hydrogen-bond donors (Lipinski definition) is 1. The average Bonchev–Trinajstić information content (AvgIpc) is 2.70. The van der Waals surface area contributed by atoms with Gasteiger partial charge < -0.3 is 14.4 Å². The predicted octanol–water partition coefficient (Wildman–Crippen LogP) is 1.11. The van der Waals surface area contributed by atoms with Gasteiger partial charge in [0, 0.05) is 0 Å². The van der Waals surface area contributed by atoms with Gasteiger partial charge in [0.2, 0.25) is 5.91 Å². The highest BCUT2D eigenvalue weighted by Gasteiger charge is 2.50. The maximum absolute atomic E-state index is 13.7. The van der Waals surface area contributed by atoms with Crippen LogP contribution in [0.3, 0.4) is 0 Å². The number of amides is 3. The molecule has 2 fully saturated rings. The Morgan fingerprint density at radius 2 is 1.93 bits per heavy atom. The molecule has 9 heteroatoms. The Bertz CT molecular complexity index is 834. The zero-order chi connectivity index (χ0) is 21.0. The fourth-order valence-corrected chi connectivity index (χ4v) is 3.92. The van der Waals surface area contributed by atoms with Crippen molar-refractivity contribution in [3.8, 4) is 5.75 Å². The van der Waals surface area contributed by atoms with Gasteiger partial charge >= 0.3 is 5.97 Å². The fraction of sp³-hybridized carbons (Fsp3) is 0.500. The lowest BCUT2D eigenvalue weighted by Crippen LogP contribution is -2.69. The molecule has 1 N–H and O–H groups in total. The highest BCUT2D eigenvalue weighted by molar-refractivity contribution is 6.06. The molecular weight excluding hydrogens is 383 g/mol. The summed E-state index contributed by atoms with van der Waals surface area (Å²) in [5, 5.41) is 2.31. The van der Waals surface area contributed by atoms with Crippen molar-refractivity contribution in [1.29, 1.82) is 0 Å². The predicted molar refractivity (Wildman–Crippen MR) is 98.3 cm³/mol. The van der Waals surface area contributed by atoms with Crippen molar-refractivity contribution in [1.82, 2.24) is 10.2 Å². The van der Waals surface area contributed by atoms with Gasteiger partial charge in [-0.1, -0.05) is 25.3 Å². The Balaban J connectivity index is 1.62. The molecule has 1 saturated carbocycles. The van der Waals surface area contributed by atoms with E-state index < -0.39 is 41.7 Å². The molecule has 1 aromatic carbocycles. The van der Waals surface area contributed by atoms with E-state index in [1.165, 1.54) is 24.1 Å². The van der Waals surface area contributed by atoms with Crippen LogP contribution in [0.5, 0.6) is 5.75 Å². The minimum Gasteiger partial charge on any atom is -0.494 e. The summed E-state index contributed by atoms with van der Waals surface area (Å²) >= 11 is 0. The van der Waals surface area contributed by atoms with Crippen molar-refractivity contribution in [3.63, 3.8) is 0 Å². The Morgan fingerprint density at radius 1 is 1.21 bits per heavy atom. The van der Waals surface area contributed by atoms with Crippen molar-refractivity contribution in [3.05, 3.63) is 29.6 Å². The number of hydrogen-bond acceptors (Lipinski definition) is 6. The SMILES string of the molecule is COc1ccc(CC(=O)OCC(=O)N2CC(=O)NC(=O)C23CCCCC3)cc1F. The number of esters is 1. The van der Waals surface area contributed by atoms with Crippen molar-refractivity contribution >= 4 is 23.7 Å². The first-order valence-electron chi connectivity index (χ1n) is 9.48. The number of imide groups is 1. The summed E-state index contributed by atoms with van der Waals surface area (Å²) in [4.78, 5) is 50.3. The quantitative estimate of drug-likeness (QED) is 0.581. The van der Waals surface area contributed by atoms with E-state index in [-0.39, 0.29) is 18.7 Å². The van der Waals surface area contributed by atoms with E-state index in [9.17, 15) is 23.6 Å². The summed E-state index contributed by atoms with van der Waals surface area (Å²) in [6, 6.07) is 4.08. The molecule has 156 valence electrons. The van der Waals surface area contributed by atoms with E-state index in [2.05, 4.69) is 5.32 Å². The van der Waals surface area contributed by atoms with E-state index in [4.69, 9.17) is 9.47 Å². The standard InChI is InChI=1S/C20H23FN2O6/c1-28-15-6-5-13(9-14(15)21)10-18(26)29-12-17(25)23-11-16(24)22-19(27)20(23)7-3-2-4-8-20/h5-6,9H,2-4,7-8,10-12H2,1H3,(H,22,24,27). The molecule has 1 heterocycles. The molecule has 3 amide bonds. The number of rotatable bonds is 5. The van der Waals surface area contributed by atoms with Crippen molar-refractivity contribution in [2.75, 3.05) is 20.3 Å². The number of methoxy groups -OCH3 is 1. The Hall–Kier alpha value is -2.97. The van der Waals surface area contributed by atoms with Gasteiger partial charge in [0.1, 0.15) is 12.1 Å². The van der Waals surface area contributed by atoms with Gasteiger partial charge in [-0.05, 0) is 30.5 Å². The summed E-state index contributed by atoms with van der Waals surface area (Å²) < 4.78 is 23.6. The molecule has 2 aliphatic rings. The van der Waals surface area contributed by atoms with Gasteiger partial charge in [0.25, 0.3) is 11.8 Å². The molecule has 8 nitrogen and oxygen atoms in total. The second kappa shape index (κ2) is 8.59. The van der Waals surface area contributed by atoms with Gasteiger partial charge in [-0.15, -0.1) is 0 Å². The van der Waals surface area contributed by atoms with E-state index in [1.54, 1.807) is 0 Å². The highest BCUT2D eigenvalue weighted by atomic mass is 19.1. The van der Waals surface area contributed by atoms with Gasteiger partial charge in [-0.3, -0.25) is 24.5 Å². The van der Waals surface area contributed by atoms with Crippen LogP contribution >= 0.6 is 0 Å². The molecule has 1 aromatic rings. The third kappa shape index (κ3) is 4.38. The van der Waals surface area contributed by atoms with E-state index in [0.29, 0.717) is 18.4 Å². The molecule has 0 radical (unpaired) electrons. The van der Waals surface area contributed by atoms with Crippen molar-refractivity contribution in [2.24, 2.45) is 0 Å². The number of halogens is 1. The average molecular weight is 406 g/mol. The highest BCUT2D eigenvalue weighted by Crippen LogP contribution is 2.35. The number of nitrogens with one attached hydrogen (secondary N) is 1. The van der Waals surface area contributed by atoms with E-state index >= 15 is 0 Å². The molecule has 1 spiro atoms. The van der Waals surface area contributed by atoms with E-state index in [1.807, 2.05) is 0 Å². The molecule has 29 heavy (non-hydrogen) atoms. The number of benzene rings is 1. The minimum atomic E-state index is -1.06. The molecular formula is C20H23FN2O6. The third-order valence-electron chi connectivity index (χ3n) is 5.40. The molecule has 0 unspecified atom stereocenters. The van der Waals surface area contributed by atoms with Crippen molar-refractivity contribution in [2.45, 2.75) is 44.1 Å². The first kappa shape index (κ1) is 20.8. The van der Waals surface area contributed by atoms with Gasteiger partial charge in [0.15, 0.2) is 18.2 Å². The second-order valence-corrected chi connectivity index (χ2v) is 7.26. The van der Waals surface area contributed by atoms with Crippen LogP contribution in [0.2, 0.25) is 0 Å². The topological polar surface area (TPSA) is 102 Å². The summed E-state index contributed by atoms with van der Waals surface area (Å²) in [5.74, 6) is -2.88. The number of nitrogens with zero attached hydrogens (tertiary/aromatic N) is 1. The van der Waals surface area contributed by atoms with Gasteiger partial charge in [-0.2, -0.15) is 0 Å². The van der Waals surface area contributed by atoms with E-state index in [0.717, 1.165) is 25.3 Å². The van der Waals surface area contributed by atoms with Crippen LogP contribution in [0.25, 0.3) is 0 Å². The van der Waals surface area contributed by atoms with Crippen LogP contribution in [0.1, 0.15) is 37.7 Å². The largest absolute Gasteiger partial charge is 0.494 e. The maximum atomic E-state index is 13.7. The Labute approximate surface area is 167 Å². The Kier molecular flexibility index (Phi) is 6.14. The van der Waals surface area contributed by atoms with Gasteiger partial charge in [-0.25, -0.2) is 4.39 Å². The monoisotopic (exact) mass is 406 g/mol. The number of piperazine rings is 1. The first-order valence-corrected chi connectivity index (χ1v) is 9.48. The number of carbonyl (C=O) groups excluding carboxylic acids is 4. The molecule has 1 aliphatic carbocycles. The summed E-state index contributed by atoms with van der Waals surface area (Å²) in [5.41, 5.74) is -0.689. The maximum Gasteiger partial charge on any atom is 0.310 e. The third-order valence-corrected chi connectivity index (χ3v) is 5.40. The lowest BCUT2D eigenvalue weighted by molar-refractivity contribution is -0.164. The fourth-order valence-electron chi connectivity index (χ4n) is 3.92. The van der Waals surface area contributed by atoms with Crippen LogP contribution in [0.4, 0.5) is 4.39 Å². The van der Waals surface area contributed by atoms with Crippen LogP contribution < -0.4 is 10.1 Å². The normalized spacial score (nSPS) is 18.3. The zero-order valence-electron chi connectivity index (χ0n) is 16.2. The lowest BCUT2D eigenvalue weighted by atomic mass is 9.78. The molecule has 1 saturated heterocycles. The lowest BCUT2D eigenvalue weighted by Gasteiger charge is -2.47. The summed E-state index contributed by atoms with van der Waals surface area (Å²) in [6.45, 7) is -0.828.